The summed E-state index contributed by atoms with van der Waals surface area (Å²) >= 11 is 7.81. The Labute approximate surface area is 149 Å². The third-order valence-corrected chi connectivity index (χ3v) is 4.97. The maximum Gasteiger partial charge on any atom is 0.258 e. The third kappa shape index (κ3) is 3.66. The van der Waals surface area contributed by atoms with Gasteiger partial charge in [-0.05, 0) is 60.3 Å². The summed E-state index contributed by atoms with van der Waals surface area (Å²) in [6.45, 7) is 2.35. The van der Waals surface area contributed by atoms with E-state index in [4.69, 9.17) is 11.6 Å². The van der Waals surface area contributed by atoms with Crippen LogP contribution in [0.5, 0.6) is 0 Å². The van der Waals surface area contributed by atoms with Gasteiger partial charge in [0.05, 0.1) is 6.54 Å². The number of amides is 1. The number of anilines is 1. The minimum absolute atomic E-state index is 0.191. The molecule has 1 heterocycles. The van der Waals surface area contributed by atoms with Gasteiger partial charge in [-0.1, -0.05) is 23.7 Å². The minimum Gasteiger partial charge on any atom is -0.303 e. The molecule has 0 aliphatic rings. The summed E-state index contributed by atoms with van der Waals surface area (Å²) in [7, 11) is 0. The quantitative estimate of drug-likeness (QED) is 0.585. The van der Waals surface area contributed by atoms with Gasteiger partial charge in [0.15, 0.2) is 0 Å². The lowest BCUT2D eigenvalue weighted by Crippen LogP contribution is -2.30. The second kappa shape index (κ2) is 7.16. The highest BCUT2D eigenvalue weighted by Crippen LogP contribution is 2.27. The number of aryl methyl sites for hydroxylation is 1. The molecule has 0 radical (unpaired) electrons. The average Bonchev–Trinajstić information content (AvgIpc) is 3.09. The van der Waals surface area contributed by atoms with Crippen molar-refractivity contribution in [3.8, 4) is 0 Å². The molecule has 0 aliphatic carbocycles. The highest BCUT2D eigenvalue weighted by molar-refractivity contribution is 7.09. The number of hydrogen-bond donors (Lipinski definition) is 0. The van der Waals surface area contributed by atoms with Crippen molar-refractivity contribution in [3.63, 3.8) is 0 Å². The Kier molecular flexibility index (Phi) is 4.97. The molecule has 0 saturated heterocycles. The molecule has 3 rings (SSSR count). The van der Waals surface area contributed by atoms with Crippen LogP contribution in [0.2, 0.25) is 5.02 Å². The van der Waals surface area contributed by atoms with Gasteiger partial charge in [0.25, 0.3) is 5.91 Å². The summed E-state index contributed by atoms with van der Waals surface area (Å²) in [5.74, 6) is -0.557. The van der Waals surface area contributed by atoms with Crippen molar-refractivity contribution in [2.24, 2.45) is 0 Å². The van der Waals surface area contributed by atoms with E-state index < -0.39 is 0 Å². The molecule has 5 heteroatoms. The SMILES string of the molecule is Cc1ccc(N(Cc2cccs2)C(=O)c2ccc(F)cc2)cc1Cl. The van der Waals surface area contributed by atoms with E-state index in [1.807, 2.05) is 36.6 Å². The van der Waals surface area contributed by atoms with E-state index in [1.54, 1.807) is 22.3 Å². The second-order valence-electron chi connectivity index (χ2n) is 5.41. The van der Waals surface area contributed by atoms with Gasteiger partial charge in [0.1, 0.15) is 5.82 Å². The van der Waals surface area contributed by atoms with Crippen molar-refractivity contribution in [1.29, 1.82) is 0 Å². The van der Waals surface area contributed by atoms with Crippen LogP contribution in [0.15, 0.2) is 60.0 Å². The molecule has 0 unspecified atom stereocenters. The molecule has 2 nitrogen and oxygen atoms in total. The monoisotopic (exact) mass is 359 g/mol. The molecule has 24 heavy (non-hydrogen) atoms. The van der Waals surface area contributed by atoms with E-state index in [9.17, 15) is 9.18 Å². The van der Waals surface area contributed by atoms with Crippen molar-refractivity contribution in [3.05, 3.63) is 86.8 Å². The number of carbonyl (C=O) groups is 1. The number of benzene rings is 2. The van der Waals surface area contributed by atoms with Crippen molar-refractivity contribution < 1.29 is 9.18 Å². The molecule has 0 N–H and O–H groups in total. The van der Waals surface area contributed by atoms with Gasteiger partial charge in [-0.2, -0.15) is 0 Å². The van der Waals surface area contributed by atoms with Gasteiger partial charge in [0, 0.05) is 21.2 Å². The summed E-state index contributed by atoms with van der Waals surface area (Å²) in [4.78, 5) is 15.7. The lowest BCUT2D eigenvalue weighted by Gasteiger charge is -2.23. The van der Waals surface area contributed by atoms with Gasteiger partial charge in [0.2, 0.25) is 0 Å². The first-order valence-electron chi connectivity index (χ1n) is 7.40. The lowest BCUT2D eigenvalue weighted by molar-refractivity contribution is 0.0985. The van der Waals surface area contributed by atoms with E-state index in [1.165, 1.54) is 24.3 Å². The van der Waals surface area contributed by atoms with Crippen molar-refractivity contribution >= 4 is 34.5 Å². The number of rotatable bonds is 4. The predicted molar refractivity (Wildman–Crippen MR) is 97.4 cm³/mol. The normalized spacial score (nSPS) is 10.6. The predicted octanol–water partition coefficient (Wildman–Crippen LogP) is 5.70. The largest absolute Gasteiger partial charge is 0.303 e. The molecule has 0 aliphatic heterocycles. The van der Waals surface area contributed by atoms with E-state index in [0.29, 0.717) is 22.8 Å². The molecule has 0 fully saturated rings. The van der Waals surface area contributed by atoms with Gasteiger partial charge in [-0.25, -0.2) is 4.39 Å². The number of halogens is 2. The number of hydrogen-bond acceptors (Lipinski definition) is 2. The first-order chi connectivity index (χ1) is 11.5. The summed E-state index contributed by atoms with van der Waals surface area (Å²) in [5, 5.41) is 2.58. The zero-order valence-corrected chi connectivity index (χ0v) is 14.6. The number of thiophene rings is 1. The van der Waals surface area contributed by atoms with Crippen LogP contribution in [0, 0.1) is 12.7 Å². The van der Waals surface area contributed by atoms with Gasteiger partial charge in [-0.15, -0.1) is 11.3 Å². The topological polar surface area (TPSA) is 20.3 Å². The van der Waals surface area contributed by atoms with Crippen LogP contribution in [0.25, 0.3) is 0 Å². The van der Waals surface area contributed by atoms with Crippen LogP contribution in [0.4, 0.5) is 10.1 Å². The van der Waals surface area contributed by atoms with Crippen molar-refractivity contribution in [1.82, 2.24) is 0 Å². The molecule has 1 amide bonds. The van der Waals surface area contributed by atoms with E-state index in [-0.39, 0.29) is 11.7 Å². The fourth-order valence-electron chi connectivity index (χ4n) is 2.34. The standard InChI is InChI=1S/C19H15ClFNOS/c1-13-4-9-16(11-18(13)20)22(12-17-3-2-10-24-17)19(23)14-5-7-15(21)8-6-14/h2-11H,12H2,1H3. The van der Waals surface area contributed by atoms with E-state index >= 15 is 0 Å². The highest BCUT2D eigenvalue weighted by Gasteiger charge is 2.19. The molecule has 3 aromatic rings. The second-order valence-corrected chi connectivity index (χ2v) is 6.85. The number of nitrogens with zero attached hydrogens (tertiary/aromatic N) is 1. The summed E-state index contributed by atoms with van der Waals surface area (Å²) in [6, 6.07) is 15.0. The van der Waals surface area contributed by atoms with Crippen LogP contribution in [-0.2, 0) is 6.54 Å². The molecule has 1 aromatic heterocycles. The molecule has 0 spiro atoms. The highest BCUT2D eigenvalue weighted by atomic mass is 35.5. The zero-order chi connectivity index (χ0) is 17.1. The van der Waals surface area contributed by atoms with Crippen molar-refractivity contribution in [2.45, 2.75) is 13.5 Å². The smallest absolute Gasteiger partial charge is 0.258 e. The first kappa shape index (κ1) is 16.7. The fraction of sp³-hybridized carbons (Fsp3) is 0.105. The third-order valence-electron chi connectivity index (χ3n) is 3.70. The Hall–Kier alpha value is -2.17. The number of carbonyl (C=O) groups excluding carboxylic acids is 1. The molecule has 122 valence electrons. The molecular weight excluding hydrogens is 345 g/mol. The molecule has 0 atom stereocenters. The van der Waals surface area contributed by atoms with Crippen molar-refractivity contribution in [2.75, 3.05) is 4.90 Å². The Bertz CT molecular complexity index is 846. The molecule has 0 saturated carbocycles. The van der Waals surface area contributed by atoms with E-state index in [2.05, 4.69) is 0 Å². The fourth-order valence-corrected chi connectivity index (χ4v) is 3.20. The van der Waals surface area contributed by atoms with Crippen LogP contribution < -0.4 is 4.90 Å². The van der Waals surface area contributed by atoms with Crippen LogP contribution in [0.1, 0.15) is 20.8 Å². The van der Waals surface area contributed by atoms with Crippen LogP contribution >= 0.6 is 22.9 Å². The summed E-state index contributed by atoms with van der Waals surface area (Å²) in [6.07, 6.45) is 0. The average molecular weight is 360 g/mol. The summed E-state index contributed by atoms with van der Waals surface area (Å²) in [5.41, 5.74) is 2.10. The van der Waals surface area contributed by atoms with Gasteiger partial charge >= 0.3 is 0 Å². The van der Waals surface area contributed by atoms with E-state index in [0.717, 1.165) is 10.4 Å². The Morgan fingerprint density at radius 2 is 1.92 bits per heavy atom. The van der Waals surface area contributed by atoms with Gasteiger partial charge in [-0.3, -0.25) is 4.79 Å². The molecule has 0 bridgehead atoms. The summed E-state index contributed by atoms with van der Waals surface area (Å²) < 4.78 is 13.1. The van der Waals surface area contributed by atoms with Gasteiger partial charge < -0.3 is 4.90 Å². The first-order valence-corrected chi connectivity index (χ1v) is 8.66. The molecule has 2 aromatic carbocycles. The Morgan fingerprint density at radius 1 is 1.17 bits per heavy atom. The maximum absolute atomic E-state index is 13.1. The van der Waals surface area contributed by atoms with Crippen LogP contribution in [-0.4, -0.2) is 5.91 Å². The lowest BCUT2D eigenvalue weighted by atomic mass is 10.1. The Morgan fingerprint density at radius 3 is 2.54 bits per heavy atom. The zero-order valence-electron chi connectivity index (χ0n) is 13.0. The minimum atomic E-state index is -0.366. The Balaban J connectivity index is 1.98. The molecular formula is C19H15ClFNOS. The van der Waals surface area contributed by atoms with Crippen LogP contribution in [0.3, 0.4) is 0 Å². The maximum atomic E-state index is 13.1.